The standard InChI is InChI=1S/C14H19NO2S/c1-14(8-5-9-18-14)10-15-13(17)12(16)11-6-3-2-4-7-11/h2-4,6-7,12,16H,5,8-10H2,1H3,(H,15,17)/t12-,14+/m1/s1. The topological polar surface area (TPSA) is 49.3 Å². The molecule has 1 amide bonds. The van der Waals surface area contributed by atoms with Crippen LogP contribution < -0.4 is 5.32 Å². The van der Waals surface area contributed by atoms with Crippen LogP contribution in [-0.4, -0.2) is 28.1 Å². The Morgan fingerprint density at radius 1 is 1.50 bits per heavy atom. The number of hydrogen-bond acceptors (Lipinski definition) is 3. The molecule has 2 rings (SSSR count). The minimum Gasteiger partial charge on any atom is -0.378 e. The van der Waals surface area contributed by atoms with Gasteiger partial charge in [0.15, 0.2) is 6.10 Å². The van der Waals surface area contributed by atoms with Crippen LogP contribution in [0, 0.1) is 0 Å². The lowest BCUT2D eigenvalue weighted by Gasteiger charge is -2.23. The lowest BCUT2D eigenvalue weighted by Crippen LogP contribution is -2.39. The Morgan fingerprint density at radius 2 is 2.22 bits per heavy atom. The van der Waals surface area contributed by atoms with Gasteiger partial charge in [-0.05, 0) is 31.1 Å². The van der Waals surface area contributed by atoms with Gasteiger partial charge in [0.25, 0.3) is 5.91 Å². The zero-order valence-corrected chi connectivity index (χ0v) is 11.4. The molecule has 3 nitrogen and oxygen atoms in total. The number of rotatable bonds is 4. The van der Waals surface area contributed by atoms with Crippen molar-refractivity contribution >= 4 is 17.7 Å². The first-order valence-corrected chi connectivity index (χ1v) is 7.24. The molecule has 98 valence electrons. The van der Waals surface area contributed by atoms with Crippen LogP contribution in [0.25, 0.3) is 0 Å². The van der Waals surface area contributed by atoms with Crippen molar-refractivity contribution in [2.75, 3.05) is 12.3 Å². The molecule has 0 radical (unpaired) electrons. The normalized spacial score (nSPS) is 24.8. The highest BCUT2D eigenvalue weighted by Gasteiger charge is 2.30. The van der Waals surface area contributed by atoms with E-state index in [2.05, 4.69) is 12.2 Å². The minimum atomic E-state index is -1.07. The number of carbonyl (C=O) groups excluding carboxylic acids is 1. The van der Waals surface area contributed by atoms with Gasteiger partial charge in [-0.1, -0.05) is 30.3 Å². The lowest BCUT2D eigenvalue weighted by molar-refractivity contribution is -0.129. The zero-order valence-electron chi connectivity index (χ0n) is 10.6. The van der Waals surface area contributed by atoms with Crippen molar-refractivity contribution < 1.29 is 9.90 Å². The van der Waals surface area contributed by atoms with Gasteiger partial charge in [0.2, 0.25) is 0 Å². The van der Waals surface area contributed by atoms with Crippen LogP contribution >= 0.6 is 11.8 Å². The van der Waals surface area contributed by atoms with Crippen molar-refractivity contribution in [3.8, 4) is 0 Å². The van der Waals surface area contributed by atoms with E-state index in [0.29, 0.717) is 12.1 Å². The summed E-state index contributed by atoms with van der Waals surface area (Å²) in [6.45, 7) is 2.79. The monoisotopic (exact) mass is 265 g/mol. The Kier molecular flexibility index (Phi) is 4.30. The van der Waals surface area contributed by atoms with Gasteiger partial charge in [0.05, 0.1) is 0 Å². The number of aliphatic hydroxyl groups is 1. The predicted molar refractivity (Wildman–Crippen MR) is 74.5 cm³/mol. The van der Waals surface area contributed by atoms with Crippen molar-refractivity contribution in [3.05, 3.63) is 35.9 Å². The summed E-state index contributed by atoms with van der Waals surface area (Å²) in [5, 5.41) is 12.8. The van der Waals surface area contributed by atoms with Crippen LogP contribution in [0.15, 0.2) is 30.3 Å². The molecule has 0 aliphatic carbocycles. The van der Waals surface area contributed by atoms with Gasteiger partial charge < -0.3 is 10.4 Å². The third-order valence-corrected chi connectivity index (χ3v) is 4.84. The zero-order chi connectivity index (χ0) is 13.0. The van der Waals surface area contributed by atoms with Gasteiger partial charge in [0, 0.05) is 11.3 Å². The number of thioether (sulfide) groups is 1. The van der Waals surface area contributed by atoms with Crippen LogP contribution in [0.3, 0.4) is 0 Å². The smallest absolute Gasteiger partial charge is 0.253 e. The number of nitrogens with one attached hydrogen (secondary N) is 1. The summed E-state index contributed by atoms with van der Waals surface area (Å²) >= 11 is 1.90. The van der Waals surface area contributed by atoms with E-state index in [9.17, 15) is 9.90 Å². The van der Waals surface area contributed by atoms with Gasteiger partial charge in [-0.25, -0.2) is 0 Å². The molecule has 0 unspecified atom stereocenters. The minimum absolute atomic E-state index is 0.131. The molecule has 1 aliphatic rings. The summed E-state index contributed by atoms with van der Waals surface area (Å²) in [7, 11) is 0. The van der Waals surface area contributed by atoms with Gasteiger partial charge in [0.1, 0.15) is 0 Å². The van der Waals surface area contributed by atoms with Gasteiger partial charge >= 0.3 is 0 Å². The van der Waals surface area contributed by atoms with Crippen molar-refractivity contribution in [2.24, 2.45) is 0 Å². The number of benzene rings is 1. The molecular formula is C14H19NO2S. The second kappa shape index (κ2) is 5.76. The fraction of sp³-hybridized carbons (Fsp3) is 0.500. The van der Waals surface area contributed by atoms with Gasteiger partial charge in [-0.15, -0.1) is 0 Å². The molecule has 0 spiro atoms. The maximum Gasteiger partial charge on any atom is 0.253 e. The number of hydrogen-bond donors (Lipinski definition) is 2. The lowest BCUT2D eigenvalue weighted by atomic mass is 10.1. The van der Waals surface area contributed by atoms with Gasteiger partial charge in [-0.3, -0.25) is 4.79 Å². The quantitative estimate of drug-likeness (QED) is 0.876. The molecule has 18 heavy (non-hydrogen) atoms. The summed E-state index contributed by atoms with van der Waals surface area (Å²) in [4.78, 5) is 11.9. The van der Waals surface area contributed by atoms with E-state index in [-0.39, 0.29) is 10.7 Å². The summed E-state index contributed by atoms with van der Waals surface area (Å²) in [6.07, 6.45) is 1.26. The molecule has 0 saturated carbocycles. The highest BCUT2D eigenvalue weighted by molar-refractivity contribution is 8.00. The van der Waals surface area contributed by atoms with Crippen LogP contribution in [0.1, 0.15) is 31.4 Å². The molecule has 0 aromatic heterocycles. The Labute approximate surface area is 112 Å². The molecule has 2 atom stereocenters. The molecule has 2 N–H and O–H groups in total. The van der Waals surface area contributed by atoms with Crippen LogP contribution in [0.4, 0.5) is 0 Å². The first-order chi connectivity index (χ1) is 8.61. The molecule has 4 heteroatoms. The molecular weight excluding hydrogens is 246 g/mol. The van der Waals surface area contributed by atoms with E-state index in [4.69, 9.17) is 0 Å². The highest BCUT2D eigenvalue weighted by Crippen LogP contribution is 2.37. The SMILES string of the molecule is C[C@@]1(CNC(=O)[C@H](O)c2ccccc2)CCCS1. The maximum atomic E-state index is 11.9. The van der Waals surface area contributed by atoms with E-state index < -0.39 is 6.10 Å². The first-order valence-electron chi connectivity index (χ1n) is 6.25. The summed E-state index contributed by atoms with van der Waals surface area (Å²) in [5.41, 5.74) is 0.638. The van der Waals surface area contributed by atoms with Crippen LogP contribution in [0.5, 0.6) is 0 Å². The average molecular weight is 265 g/mol. The maximum absolute atomic E-state index is 11.9. The van der Waals surface area contributed by atoms with Gasteiger partial charge in [-0.2, -0.15) is 11.8 Å². The third kappa shape index (κ3) is 3.27. The molecule has 1 heterocycles. The van der Waals surface area contributed by atoms with Crippen molar-refractivity contribution in [1.82, 2.24) is 5.32 Å². The average Bonchev–Trinajstić information content (AvgIpc) is 2.83. The fourth-order valence-corrected chi connectivity index (χ4v) is 3.38. The Hall–Kier alpha value is -1.00. The summed E-state index contributed by atoms with van der Waals surface area (Å²) < 4.78 is 0.131. The number of carbonyl (C=O) groups is 1. The van der Waals surface area contributed by atoms with E-state index in [1.807, 2.05) is 30.0 Å². The molecule has 1 fully saturated rings. The van der Waals surface area contributed by atoms with E-state index in [0.717, 1.165) is 12.2 Å². The predicted octanol–water partition coefficient (Wildman–Crippen LogP) is 2.12. The highest BCUT2D eigenvalue weighted by atomic mass is 32.2. The first kappa shape index (κ1) is 13.4. The Balaban J connectivity index is 1.88. The van der Waals surface area contributed by atoms with E-state index in [1.54, 1.807) is 12.1 Å². The Morgan fingerprint density at radius 3 is 2.83 bits per heavy atom. The van der Waals surface area contributed by atoms with Crippen molar-refractivity contribution in [1.29, 1.82) is 0 Å². The molecule has 0 bridgehead atoms. The van der Waals surface area contributed by atoms with Crippen LogP contribution in [0.2, 0.25) is 0 Å². The molecule has 1 saturated heterocycles. The third-order valence-electron chi connectivity index (χ3n) is 3.30. The second-order valence-electron chi connectivity index (χ2n) is 4.93. The Bertz CT molecular complexity index is 402. The number of aliphatic hydroxyl groups excluding tert-OH is 1. The number of amides is 1. The molecule has 1 aromatic rings. The van der Waals surface area contributed by atoms with Crippen molar-refractivity contribution in [2.45, 2.75) is 30.6 Å². The van der Waals surface area contributed by atoms with Crippen LogP contribution in [-0.2, 0) is 4.79 Å². The molecule has 1 aromatic carbocycles. The van der Waals surface area contributed by atoms with Crippen molar-refractivity contribution in [3.63, 3.8) is 0 Å². The largest absolute Gasteiger partial charge is 0.378 e. The fourth-order valence-electron chi connectivity index (χ4n) is 2.13. The second-order valence-corrected chi connectivity index (χ2v) is 6.62. The molecule has 1 aliphatic heterocycles. The van der Waals surface area contributed by atoms with E-state index >= 15 is 0 Å². The summed E-state index contributed by atoms with van der Waals surface area (Å²) in [5.74, 6) is 0.850. The van der Waals surface area contributed by atoms with E-state index in [1.165, 1.54) is 6.42 Å². The summed E-state index contributed by atoms with van der Waals surface area (Å²) in [6, 6.07) is 9.02.